The van der Waals surface area contributed by atoms with Crippen molar-refractivity contribution >= 4 is 22.3 Å². The van der Waals surface area contributed by atoms with Crippen LogP contribution in [-0.2, 0) is 9.47 Å². The number of allylic oxidation sites excluding steroid dienone is 2. The molecule has 0 aromatic rings. The van der Waals surface area contributed by atoms with E-state index in [2.05, 4.69) is 92.9 Å². The van der Waals surface area contributed by atoms with Gasteiger partial charge in [0.1, 0.15) is 14.7 Å². The lowest BCUT2D eigenvalue weighted by Crippen LogP contribution is -2.16. The van der Waals surface area contributed by atoms with Crippen molar-refractivity contribution in [3.63, 3.8) is 0 Å². The molecule has 0 aromatic heterocycles. The van der Waals surface area contributed by atoms with E-state index in [1.807, 2.05) is 6.08 Å². The molecule has 0 bridgehead atoms. The molecule has 0 unspecified atom stereocenters. The molecule has 0 aliphatic rings. The maximum absolute atomic E-state index is 10.3. The third-order valence-corrected chi connectivity index (χ3v) is 6.80. The summed E-state index contributed by atoms with van der Waals surface area (Å²) >= 11 is 0. The fourth-order valence-electron chi connectivity index (χ4n) is 3.06. The first-order valence-electron chi connectivity index (χ1n) is 14.1. The van der Waals surface area contributed by atoms with Gasteiger partial charge in [0.25, 0.3) is 0 Å². The molecule has 0 rings (SSSR count). The van der Waals surface area contributed by atoms with Crippen molar-refractivity contribution in [3.8, 4) is 11.5 Å². The van der Waals surface area contributed by atoms with E-state index in [9.17, 15) is 4.79 Å². The van der Waals surface area contributed by atoms with E-state index in [0.29, 0.717) is 6.61 Å². The standard InChI is InChI=1S/C14H28Si.C11H22Si.C6H10O3/c1-6-8-9-10-12-14(11-7-2)13-15(3,4)5;1-5-6-7-8-9-10-11-12(2,3)4;1-3-5-9-6(7)8-4-2/h7,13H,2,6,8-12H2,1,3-5H3;5-9H2,1-4H3;3H,1,4-5H2,2H3/b14-13-;;. The maximum Gasteiger partial charge on any atom is 0.508 e. The number of carbonyl (C=O) groups excluding carboxylic acids is 1. The molecule has 0 radical (unpaired) electrons. The quantitative estimate of drug-likeness (QED) is 0.0686. The molecule has 0 saturated heterocycles. The Bertz CT molecular complexity index is 629. The van der Waals surface area contributed by atoms with E-state index < -0.39 is 22.3 Å². The van der Waals surface area contributed by atoms with Crippen LogP contribution in [0.2, 0.25) is 39.3 Å². The van der Waals surface area contributed by atoms with E-state index in [-0.39, 0.29) is 6.61 Å². The van der Waals surface area contributed by atoms with E-state index in [4.69, 9.17) is 0 Å². The SMILES string of the molecule is C=CC/C(=C/[Si](C)(C)C)CCCCCC.C=CCOC(=O)OCC.CCCCCCC#C[Si](C)(C)C. The molecule has 0 aliphatic carbocycles. The van der Waals surface area contributed by atoms with Crippen LogP contribution in [0.3, 0.4) is 0 Å². The highest BCUT2D eigenvalue weighted by Gasteiger charge is 2.10. The van der Waals surface area contributed by atoms with Gasteiger partial charge in [-0.2, -0.15) is 0 Å². The molecule has 0 N–H and O–H groups in total. The van der Waals surface area contributed by atoms with Gasteiger partial charge in [-0.3, -0.25) is 0 Å². The van der Waals surface area contributed by atoms with Crippen LogP contribution in [0.1, 0.15) is 91.4 Å². The van der Waals surface area contributed by atoms with Crippen molar-refractivity contribution in [2.75, 3.05) is 13.2 Å². The molecule has 0 aliphatic heterocycles. The summed E-state index contributed by atoms with van der Waals surface area (Å²) in [7, 11) is -2.12. The third kappa shape index (κ3) is 39.7. The van der Waals surface area contributed by atoms with E-state index >= 15 is 0 Å². The zero-order valence-corrected chi connectivity index (χ0v) is 27.6. The van der Waals surface area contributed by atoms with Gasteiger partial charge in [-0.05, 0) is 32.6 Å². The number of rotatable bonds is 15. The molecule has 0 heterocycles. The van der Waals surface area contributed by atoms with Gasteiger partial charge in [-0.25, -0.2) is 4.79 Å². The predicted molar refractivity (Wildman–Crippen MR) is 168 cm³/mol. The molecule has 210 valence electrons. The van der Waals surface area contributed by atoms with Crippen LogP contribution in [0.25, 0.3) is 0 Å². The molecule has 0 saturated carbocycles. The van der Waals surface area contributed by atoms with Gasteiger partial charge < -0.3 is 9.47 Å². The average Bonchev–Trinajstić information content (AvgIpc) is 2.77. The molecule has 36 heavy (non-hydrogen) atoms. The van der Waals surface area contributed by atoms with Gasteiger partial charge >= 0.3 is 6.16 Å². The lowest BCUT2D eigenvalue weighted by molar-refractivity contribution is 0.0674. The number of ether oxygens (including phenoxy) is 2. The Kier molecular flexibility index (Phi) is 28.8. The summed E-state index contributed by atoms with van der Waals surface area (Å²) in [5.74, 6) is 3.30. The van der Waals surface area contributed by atoms with Crippen molar-refractivity contribution in [2.45, 2.75) is 131 Å². The van der Waals surface area contributed by atoms with Crippen LogP contribution in [0, 0.1) is 11.5 Å². The number of hydrogen-bond acceptors (Lipinski definition) is 3. The Morgan fingerprint density at radius 2 is 1.39 bits per heavy atom. The van der Waals surface area contributed by atoms with Crippen molar-refractivity contribution in [2.24, 2.45) is 0 Å². The smallest absolute Gasteiger partial charge is 0.435 e. The van der Waals surface area contributed by atoms with Gasteiger partial charge in [-0.15, -0.1) is 18.0 Å². The highest BCUT2D eigenvalue weighted by molar-refractivity contribution is 6.83. The fourth-order valence-corrected chi connectivity index (χ4v) is 5.21. The first-order chi connectivity index (χ1) is 16.9. The van der Waals surface area contributed by atoms with Crippen LogP contribution in [-0.4, -0.2) is 35.5 Å². The van der Waals surface area contributed by atoms with E-state index in [1.165, 1.54) is 63.9 Å². The number of hydrogen-bond donors (Lipinski definition) is 0. The average molecular weight is 537 g/mol. The summed E-state index contributed by atoms with van der Waals surface area (Å²) in [5, 5.41) is 0. The maximum atomic E-state index is 10.3. The van der Waals surface area contributed by atoms with Crippen LogP contribution in [0.15, 0.2) is 36.6 Å². The monoisotopic (exact) mass is 536 g/mol. The van der Waals surface area contributed by atoms with Gasteiger partial charge in [0.05, 0.1) is 14.7 Å². The summed E-state index contributed by atoms with van der Waals surface area (Å²) in [6.45, 7) is 28.1. The highest BCUT2D eigenvalue weighted by Crippen LogP contribution is 2.17. The summed E-state index contributed by atoms with van der Waals surface area (Å²) in [6.07, 6.45) is 17.2. The lowest BCUT2D eigenvalue weighted by atomic mass is 10.1. The fraction of sp³-hybridized carbons (Fsp3) is 0.710. The van der Waals surface area contributed by atoms with Gasteiger partial charge in [0, 0.05) is 6.42 Å². The Morgan fingerprint density at radius 3 is 1.83 bits per heavy atom. The summed E-state index contributed by atoms with van der Waals surface area (Å²) in [6, 6.07) is 0. The summed E-state index contributed by atoms with van der Waals surface area (Å²) < 4.78 is 8.89. The Hall–Kier alpha value is -1.52. The van der Waals surface area contributed by atoms with E-state index in [0.717, 1.165) is 12.8 Å². The Labute approximate surface area is 228 Å². The number of carbonyl (C=O) groups is 1. The van der Waals surface area contributed by atoms with Crippen LogP contribution in [0.5, 0.6) is 0 Å². The second-order valence-electron chi connectivity index (χ2n) is 11.1. The molecule has 0 aromatic carbocycles. The predicted octanol–water partition coefficient (Wildman–Crippen LogP) is 10.5. The topological polar surface area (TPSA) is 35.5 Å². The van der Waals surface area contributed by atoms with Crippen LogP contribution in [0.4, 0.5) is 4.79 Å². The zero-order valence-electron chi connectivity index (χ0n) is 25.6. The van der Waals surface area contributed by atoms with Gasteiger partial charge in [0.15, 0.2) is 0 Å². The molecule has 0 atom stereocenters. The second-order valence-corrected chi connectivity index (χ2v) is 20.9. The first-order valence-corrected chi connectivity index (χ1v) is 21.2. The second kappa shape index (κ2) is 26.5. The van der Waals surface area contributed by atoms with Crippen molar-refractivity contribution in [1.82, 2.24) is 0 Å². The minimum absolute atomic E-state index is 0.207. The molecule has 0 amide bonds. The highest BCUT2D eigenvalue weighted by atomic mass is 28.3. The minimum atomic E-state index is -1.09. The van der Waals surface area contributed by atoms with E-state index in [1.54, 1.807) is 12.5 Å². The minimum Gasteiger partial charge on any atom is -0.435 e. The van der Waals surface area contributed by atoms with Gasteiger partial charge in [-0.1, -0.05) is 122 Å². The molecule has 5 heteroatoms. The molecule has 0 fully saturated rings. The summed E-state index contributed by atoms with van der Waals surface area (Å²) in [4.78, 5) is 10.3. The molecule has 0 spiro atoms. The number of unbranched alkanes of at least 4 members (excludes halogenated alkanes) is 7. The Morgan fingerprint density at radius 1 is 0.806 bits per heavy atom. The largest absolute Gasteiger partial charge is 0.508 e. The molecule has 3 nitrogen and oxygen atoms in total. The Balaban J connectivity index is -0.000000469. The molecular formula is C31H60O3Si2. The van der Waals surface area contributed by atoms with Crippen LogP contribution >= 0.6 is 0 Å². The van der Waals surface area contributed by atoms with Crippen molar-refractivity contribution in [1.29, 1.82) is 0 Å². The first kappa shape index (κ1) is 39.0. The summed E-state index contributed by atoms with van der Waals surface area (Å²) in [5.41, 5.74) is 7.57. The van der Waals surface area contributed by atoms with Crippen LogP contribution < -0.4 is 0 Å². The third-order valence-electron chi connectivity index (χ3n) is 4.60. The van der Waals surface area contributed by atoms with Crippen molar-refractivity contribution < 1.29 is 14.3 Å². The lowest BCUT2D eigenvalue weighted by Gasteiger charge is -2.13. The van der Waals surface area contributed by atoms with Crippen molar-refractivity contribution in [3.05, 3.63) is 36.6 Å². The normalized spacial score (nSPS) is 11.0. The van der Waals surface area contributed by atoms with Gasteiger partial charge in [0.2, 0.25) is 0 Å². The molecular weight excluding hydrogens is 477 g/mol. The zero-order chi connectivity index (χ0) is 28.3.